The summed E-state index contributed by atoms with van der Waals surface area (Å²) in [5.41, 5.74) is 15.9. The number of benzene rings is 11. The molecular formula is C64H42N2O2. The summed E-state index contributed by atoms with van der Waals surface area (Å²) >= 11 is 0. The highest BCUT2D eigenvalue weighted by molar-refractivity contribution is 6.15. The summed E-state index contributed by atoms with van der Waals surface area (Å²) in [6.07, 6.45) is 0. The second kappa shape index (κ2) is 16.4. The first kappa shape index (κ1) is 39.3. The minimum atomic E-state index is 0.815. The van der Waals surface area contributed by atoms with E-state index in [2.05, 4.69) is 259 Å². The average Bonchev–Trinajstić information content (AvgIpc) is 4.00. The van der Waals surface area contributed by atoms with Gasteiger partial charge in [0.1, 0.15) is 11.2 Å². The molecule has 0 saturated heterocycles. The second-order valence-corrected chi connectivity index (χ2v) is 17.2. The number of anilines is 6. The zero-order chi connectivity index (χ0) is 45.0. The lowest BCUT2D eigenvalue weighted by atomic mass is 9.97. The van der Waals surface area contributed by atoms with Crippen LogP contribution in [0.2, 0.25) is 0 Å². The van der Waals surface area contributed by atoms with Gasteiger partial charge in [-0.25, -0.2) is 0 Å². The second-order valence-electron chi connectivity index (χ2n) is 17.2. The lowest BCUT2D eigenvalue weighted by Gasteiger charge is -2.31. The number of hydrogen-bond donors (Lipinski definition) is 0. The maximum atomic E-state index is 7.16. The largest absolute Gasteiger partial charge is 0.454 e. The highest BCUT2D eigenvalue weighted by atomic mass is 16.3. The molecule has 2 heterocycles. The van der Waals surface area contributed by atoms with Crippen LogP contribution in [0.4, 0.5) is 34.1 Å². The van der Waals surface area contributed by atoms with Crippen LogP contribution in [-0.4, -0.2) is 0 Å². The summed E-state index contributed by atoms with van der Waals surface area (Å²) in [5.74, 6) is 0. The third-order valence-electron chi connectivity index (χ3n) is 13.3. The average molecular weight is 871 g/mol. The molecule has 0 aliphatic heterocycles. The van der Waals surface area contributed by atoms with E-state index < -0.39 is 0 Å². The van der Waals surface area contributed by atoms with Gasteiger partial charge in [-0.05, 0) is 70.6 Å². The summed E-state index contributed by atoms with van der Waals surface area (Å²) in [6, 6.07) is 90.4. The van der Waals surface area contributed by atoms with Gasteiger partial charge in [0.05, 0.1) is 28.4 Å². The van der Waals surface area contributed by atoms with Crippen molar-refractivity contribution in [3.8, 4) is 33.4 Å². The van der Waals surface area contributed by atoms with Gasteiger partial charge in [-0.15, -0.1) is 0 Å². The summed E-state index contributed by atoms with van der Waals surface area (Å²) in [7, 11) is 0. The molecule has 11 aromatic carbocycles. The molecular weight excluding hydrogens is 829 g/mol. The Balaban J connectivity index is 1.06. The highest BCUT2D eigenvalue weighted by Gasteiger charge is 2.27. The molecule has 0 aliphatic carbocycles. The summed E-state index contributed by atoms with van der Waals surface area (Å²) in [6.45, 7) is 0. The van der Waals surface area contributed by atoms with Gasteiger partial charge in [0.25, 0.3) is 0 Å². The highest BCUT2D eigenvalue weighted by Crippen LogP contribution is 2.51. The zero-order valence-electron chi connectivity index (χ0n) is 37.0. The Morgan fingerprint density at radius 3 is 1.41 bits per heavy atom. The molecule has 2 aromatic heterocycles. The molecule has 4 heteroatoms. The van der Waals surface area contributed by atoms with Crippen molar-refractivity contribution in [2.24, 2.45) is 0 Å². The fourth-order valence-corrected chi connectivity index (χ4v) is 10.2. The van der Waals surface area contributed by atoms with Crippen molar-refractivity contribution in [1.29, 1.82) is 0 Å². The van der Waals surface area contributed by atoms with E-state index in [1.807, 2.05) is 6.07 Å². The van der Waals surface area contributed by atoms with Crippen molar-refractivity contribution in [2.75, 3.05) is 9.80 Å². The Morgan fingerprint density at radius 1 is 0.235 bits per heavy atom. The van der Waals surface area contributed by atoms with E-state index in [9.17, 15) is 0 Å². The quantitative estimate of drug-likeness (QED) is 0.145. The molecule has 13 aromatic rings. The van der Waals surface area contributed by atoms with Crippen LogP contribution in [0.5, 0.6) is 0 Å². The van der Waals surface area contributed by atoms with Crippen LogP contribution in [0.15, 0.2) is 264 Å². The smallest absolute Gasteiger partial charge is 0.159 e. The van der Waals surface area contributed by atoms with Crippen LogP contribution in [0.1, 0.15) is 0 Å². The predicted octanol–water partition coefficient (Wildman–Crippen LogP) is 18.6. The van der Waals surface area contributed by atoms with Crippen LogP contribution >= 0.6 is 0 Å². The van der Waals surface area contributed by atoms with Crippen LogP contribution < -0.4 is 9.80 Å². The van der Waals surface area contributed by atoms with E-state index in [4.69, 9.17) is 8.83 Å². The molecule has 0 amide bonds. The molecule has 4 nitrogen and oxygen atoms in total. The van der Waals surface area contributed by atoms with E-state index in [-0.39, 0.29) is 0 Å². The number of nitrogens with zero attached hydrogens (tertiary/aromatic N) is 2. The first-order valence-electron chi connectivity index (χ1n) is 23.1. The fraction of sp³-hybridized carbons (Fsp3) is 0. The molecule has 0 radical (unpaired) electrons. The lowest BCUT2D eigenvalue weighted by molar-refractivity contribution is 0.669. The van der Waals surface area contributed by atoms with Crippen LogP contribution in [0.3, 0.4) is 0 Å². The fourth-order valence-electron chi connectivity index (χ4n) is 10.2. The van der Waals surface area contributed by atoms with Crippen LogP contribution in [-0.2, 0) is 0 Å². The maximum Gasteiger partial charge on any atom is 0.159 e. The van der Waals surface area contributed by atoms with E-state index in [0.717, 1.165) is 117 Å². The van der Waals surface area contributed by atoms with Crippen LogP contribution in [0.25, 0.3) is 88.0 Å². The first-order valence-corrected chi connectivity index (χ1v) is 23.1. The van der Waals surface area contributed by atoms with Gasteiger partial charge in [0, 0.05) is 49.3 Å². The molecule has 0 atom stereocenters. The topological polar surface area (TPSA) is 32.8 Å². The van der Waals surface area contributed by atoms with Gasteiger partial charge in [0.15, 0.2) is 11.2 Å². The van der Waals surface area contributed by atoms with Crippen LogP contribution in [0, 0.1) is 0 Å². The molecule has 13 rings (SSSR count). The first-order chi connectivity index (χ1) is 33.8. The van der Waals surface area contributed by atoms with E-state index >= 15 is 0 Å². The third-order valence-corrected chi connectivity index (χ3v) is 13.3. The van der Waals surface area contributed by atoms with Gasteiger partial charge in [0.2, 0.25) is 0 Å². The van der Waals surface area contributed by atoms with Gasteiger partial charge < -0.3 is 18.6 Å². The van der Waals surface area contributed by atoms with E-state index in [0.29, 0.717) is 0 Å². The maximum absolute atomic E-state index is 7.16. The monoisotopic (exact) mass is 870 g/mol. The van der Waals surface area contributed by atoms with Crippen molar-refractivity contribution in [3.05, 3.63) is 255 Å². The van der Waals surface area contributed by atoms with Crippen molar-refractivity contribution >= 4 is 88.8 Å². The Labute approximate surface area is 393 Å². The minimum absolute atomic E-state index is 0.815. The number of rotatable bonds is 9. The lowest BCUT2D eigenvalue weighted by Crippen LogP contribution is -2.14. The Hall–Kier alpha value is -9.12. The normalized spacial score (nSPS) is 11.5. The molecule has 0 fully saturated rings. The molecule has 320 valence electrons. The third kappa shape index (κ3) is 6.53. The predicted molar refractivity (Wildman–Crippen MR) is 284 cm³/mol. The summed E-state index contributed by atoms with van der Waals surface area (Å²) in [4.78, 5) is 4.76. The molecule has 0 unspecified atom stereocenters. The summed E-state index contributed by atoms with van der Waals surface area (Å²) < 4.78 is 14.0. The Morgan fingerprint density at radius 2 is 0.676 bits per heavy atom. The number of fused-ring (bicyclic) bond motifs is 7. The molecule has 0 N–H and O–H groups in total. The van der Waals surface area contributed by atoms with Crippen molar-refractivity contribution in [3.63, 3.8) is 0 Å². The Kier molecular flexibility index (Phi) is 9.47. The van der Waals surface area contributed by atoms with Gasteiger partial charge in [-0.3, -0.25) is 0 Å². The molecule has 68 heavy (non-hydrogen) atoms. The summed E-state index contributed by atoms with van der Waals surface area (Å²) in [5, 5.41) is 6.58. The van der Waals surface area contributed by atoms with Gasteiger partial charge >= 0.3 is 0 Å². The van der Waals surface area contributed by atoms with E-state index in [1.165, 1.54) is 5.56 Å². The number of hydrogen-bond acceptors (Lipinski definition) is 4. The number of para-hydroxylation sites is 6. The van der Waals surface area contributed by atoms with E-state index in [1.54, 1.807) is 0 Å². The van der Waals surface area contributed by atoms with Crippen molar-refractivity contribution in [2.45, 2.75) is 0 Å². The standard InChI is InChI=1S/C64H42N2O2/c1-3-19-43(20-4-1)44-39-41-47(42-40-44)65(59-36-18-32-55-54-30-16-29-49(62(54)68-64(55)59)46-21-5-2-6-22-46)57-33-12-9-26-50(57)51-27-10-13-34-58(51)66(56-35-15-24-45-23-7-8-25-48(45)56)60-37-17-31-53-52-28-11-14-38-61(52)67-63(53)60/h1-42H. The van der Waals surface area contributed by atoms with Crippen molar-refractivity contribution < 1.29 is 8.83 Å². The number of furan rings is 2. The molecule has 0 bridgehead atoms. The zero-order valence-corrected chi connectivity index (χ0v) is 37.0. The minimum Gasteiger partial charge on any atom is -0.454 e. The Bertz CT molecular complexity index is 3980. The molecule has 0 spiro atoms. The van der Waals surface area contributed by atoms with Crippen molar-refractivity contribution in [1.82, 2.24) is 0 Å². The molecule has 0 aliphatic rings. The SMILES string of the molecule is c1ccc(-c2ccc(N(c3ccccc3-c3ccccc3N(c3cccc4ccccc34)c3cccc4c3oc3ccccc34)c3cccc4c3oc3c(-c5ccccc5)cccc34)cc2)cc1. The molecule has 0 saturated carbocycles. The van der Waals surface area contributed by atoms with Gasteiger partial charge in [-0.1, -0.05) is 206 Å². The van der Waals surface area contributed by atoms with Gasteiger partial charge in [-0.2, -0.15) is 0 Å².